The first-order valence-electron chi connectivity index (χ1n) is 13.0. The Hall–Kier alpha value is -4.10. The smallest absolute Gasteiger partial charge is 0.264 e. The minimum absolute atomic E-state index is 0.0159. The quantitative estimate of drug-likeness (QED) is 0.242. The largest absolute Gasteiger partial charge is 0.484 e. The Morgan fingerprint density at radius 2 is 1.41 bits per heavy atom. The Labute approximate surface area is 231 Å². The fourth-order valence-electron chi connectivity index (χ4n) is 4.18. The van der Waals surface area contributed by atoms with Gasteiger partial charge in [0.05, 0.1) is 17.1 Å². The number of anilines is 1. The molecule has 4 aromatic carbocycles. The van der Waals surface area contributed by atoms with Gasteiger partial charge in [-0.2, -0.15) is 0 Å². The number of rotatable bonds is 12. The van der Waals surface area contributed by atoms with Crippen molar-refractivity contribution < 1.29 is 17.9 Å². The number of carbonyl (C=O) groups excluding carboxylic acids is 1. The zero-order valence-corrected chi connectivity index (χ0v) is 23.1. The van der Waals surface area contributed by atoms with Crippen LogP contribution in [0.3, 0.4) is 0 Å². The first kappa shape index (κ1) is 27.9. The van der Waals surface area contributed by atoms with E-state index in [1.54, 1.807) is 48.5 Å². The van der Waals surface area contributed by atoms with Gasteiger partial charge in [-0.15, -0.1) is 0 Å². The number of benzene rings is 4. The Bertz CT molecular complexity index is 1440. The predicted molar refractivity (Wildman–Crippen MR) is 155 cm³/mol. The van der Waals surface area contributed by atoms with Gasteiger partial charge in [0.1, 0.15) is 5.75 Å². The summed E-state index contributed by atoms with van der Waals surface area (Å²) in [7, 11) is -3.82. The van der Waals surface area contributed by atoms with E-state index in [1.165, 1.54) is 9.87 Å². The maximum atomic E-state index is 13.6. The van der Waals surface area contributed by atoms with Gasteiger partial charge in [0, 0.05) is 6.04 Å². The molecule has 4 rings (SSSR count). The normalized spacial score (nSPS) is 11.9. The van der Waals surface area contributed by atoms with Crippen molar-refractivity contribution in [1.82, 2.24) is 5.32 Å². The fraction of sp³-hybridized carbons (Fsp3) is 0.219. The topological polar surface area (TPSA) is 75.7 Å². The Balaban J connectivity index is 1.40. The molecule has 0 saturated carbocycles. The van der Waals surface area contributed by atoms with E-state index in [-0.39, 0.29) is 30.0 Å². The standard InChI is InChI=1S/C32H34N2O4S/c1-25-13-21-31(22-14-25)39(36,37)34(23-28-11-7-4-8-12-28)29-17-19-30(20-18-29)38-24-32(35)33-26(2)15-16-27-9-5-3-6-10-27/h3-14,17-22,26H,15-16,23-24H2,1-2H3,(H,33,35)/t26-/m0/s1. The maximum absolute atomic E-state index is 13.6. The molecule has 1 amide bonds. The zero-order chi connectivity index (χ0) is 27.7. The van der Waals surface area contributed by atoms with Gasteiger partial charge < -0.3 is 10.1 Å². The Kier molecular flexibility index (Phi) is 9.39. The molecule has 0 saturated heterocycles. The molecule has 202 valence electrons. The number of sulfonamides is 1. The van der Waals surface area contributed by atoms with Crippen LogP contribution in [0.5, 0.6) is 5.75 Å². The van der Waals surface area contributed by atoms with E-state index >= 15 is 0 Å². The summed E-state index contributed by atoms with van der Waals surface area (Å²) in [5.41, 5.74) is 3.60. The number of nitrogens with one attached hydrogen (secondary N) is 1. The zero-order valence-electron chi connectivity index (χ0n) is 22.3. The van der Waals surface area contributed by atoms with Gasteiger partial charge in [-0.3, -0.25) is 9.10 Å². The van der Waals surface area contributed by atoms with Crippen LogP contribution < -0.4 is 14.4 Å². The minimum Gasteiger partial charge on any atom is -0.484 e. The molecule has 0 spiro atoms. The maximum Gasteiger partial charge on any atom is 0.264 e. The van der Waals surface area contributed by atoms with Gasteiger partial charge in [0.2, 0.25) is 0 Å². The second-order valence-electron chi connectivity index (χ2n) is 9.59. The lowest BCUT2D eigenvalue weighted by Gasteiger charge is -2.25. The van der Waals surface area contributed by atoms with Crippen molar-refractivity contribution in [3.8, 4) is 5.75 Å². The second-order valence-corrected chi connectivity index (χ2v) is 11.4. The number of aryl methyl sites for hydroxylation is 2. The molecule has 0 heterocycles. The van der Waals surface area contributed by atoms with Gasteiger partial charge in [-0.25, -0.2) is 8.42 Å². The number of hydrogen-bond acceptors (Lipinski definition) is 4. The number of ether oxygens (including phenoxy) is 1. The van der Waals surface area contributed by atoms with Gasteiger partial charge >= 0.3 is 0 Å². The first-order valence-corrected chi connectivity index (χ1v) is 14.4. The lowest BCUT2D eigenvalue weighted by molar-refractivity contribution is -0.123. The van der Waals surface area contributed by atoms with E-state index in [0.29, 0.717) is 11.4 Å². The molecular formula is C32H34N2O4S. The molecule has 0 aliphatic heterocycles. The lowest BCUT2D eigenvalue weighted by Crippen LogP contribution is -2.36. The van der Waals surface area contributed by atoms with E-state index in [4.69, 9.17) is 4.74 Å². The van der Waals surface area contributed by atoms with Gasteiger partial charge in [0.15, 0.2) is 6.61 Å². The van der Waals surface area contributed by atoms with Crippen molar-refractivity contribution in [2.24, 2.45) is 0 Å². The third-order valence-corrected chi connectivity index (χ3v) is 8.18. The lowest BCUT2D eigenvalue weighted by atomic mass is 10.1. The van der Waals surface area contributed by atoms with Gasteiger partial charge in [-0.05, 0) is 74.2 Å². The van der Waals surface area contributed by atoms with Crippen molar-refractivity contribution in [1.29, 1.82) is 0 Å². The minimum atomic E-state index is -3.82. The molecule has 0 aliphatic carbocycles. The van der Waals surface area contributed by atoms with E-state index in [1.807, 2.05) is 62.4 Å². The van der Waals surface area contributed by atoms with Crippen molar-refractivity contribution in [3.63, 3.8) is 0 Å². The highest BCUT2D eigenvalue weighted by Crippen LogP contribution is 2.28. The highest BCUT2D eigenvalue weighted by molar-refractivity contribution is 7.92. The van der Waals surface area contributed by atoms with Crippen LogP contribution in [-0.2, 0) is 27.8 Å². The number of hydrogen-bond donors (Lipinski definition) is 1. The van der Waals surface area contributed by atoms with Crippen molar-refractivity contribution in [3.05, 3.63) is 126 Å². The molecule has 6 nitrogen and oxygen atoms in total. The van der Waals surface area contributed by atoms with Crippen LogP contribution in [0.2, 0.25) is 0 Å². The molecule has 1 N–H and O–H groups in total. The van der Waals surface area contributed by atoms with E-state index < -0.39 is 10.0 Å². The number of amides is 1. The average Bonchev–Trinajstić information content (AvgIpc) is 2.95. The third-order valence-electron chi connectivity index (χ3n) is 6.39. The van der Waals surface area contributed by atoms with Gasteiger partial charge in [0.25, 0.3) is 15.9 Å². The van der Waals surface area contributed by atoms with Crippen LogP contribution in [0.4, 0.5) is 5.69 Å². The highest BCUT2D eigenvalue weighted by atomic mass is 32.2. The summed E-state index contributed by atoms with van der Waals surface area (Å²) in [5.74, 6) is 0.283. The predicted octanol–water partition coefficient (Wildman–Crippen LogP) is 5.91. The molecule has 4 aromatic rings. The van der Waals surface area contributed by atoms with Crippen LogP contribution in [0, 0.1) is 6.92 Å². The molecule has 0 fully saturated rings. The number of carbonyl (C=O) groups is 1. The van der Waals surface area contributed by atoms with Crippen LogP contribution in [0.1, 0.15) is 30.0 Å². The van der Waals surface area contributed by atoms with Crippen LogP contribution in [-0.4, -0.2) is 27.0 Å². The van der Waals surface area contributed by atoms with E-state index in [0.717, 1.165) is 24.0 Å². The molecule has 1 atom stereocenters. The summed E-state index contributed by atoms with van der Waals surface area (Å²) in [4.78, 5) is 12.6. The summed E-state index contributed by atoms with van der Waals surface area (Å²) in [6, 6.07) is 33.2. The summed E-state index contributed by atoms with van der Waals surface area (Å²) >= 11 is 0. The van der Waals surface area contributed by atoms with Crippen LogP contribution in [0.25, 0.3) is 0 Å². The molecule has 0 bridgehead atoms. The van der Waals surface area contributed by atoms with Gasteiger partial charge in [-0.1, -0.05) is 78.4 Å². The van der Waals surface area contributed by atoms with Crippen LogP contribution >= 0.6 is 0 Å². The molecule has 39 heavy (non-hydrogen) atoms. The monoisotopic (exact) mass is 542 g/mol. The molecule has 7 heteroatoms. The Morgan fingerprint density at radius 1 is 0.821 bits per heavy atom. The number of nitrogens with zero attached hydrogens (tertiary/aromatic N) is 1. The summed E-state index contributed by atoms with van der Waals surface area (Å²) in [6.07, 6.45) is 1.72. The molecular weight excluding hydrogens is 508 g/mol. The summed E-state index contributed by atoms with van der Waals surface area (Å²) in [6.45, 7) is 3.96. The highest BCUT2D eigenvalue weighted by Gasteiger charge is 2.25. The summed E-state index contributed by atoms with van der Waals surface area (Å²) < 4.78 is 34.3. The fourth-order valence-corrected chi connectivity index (χ4v) is 5.63. The molecule has 0 unspecified atom stereocenters. The molecule has 0 aromatic heterocycles. The molecule has 0 aliphatic rings. The van der Waals surface area contributed by atoms with Crippen molar-refractivity contribution >= 4 is 21.6 Å². The average molecular weight is 543 g/mol. The molecule has 0 radical (unpaired) electrons. The summed E-state index contributed by atoms with van der Waals surface area (Å²) in [5, 5.41) is 2.97. The van der Waals surface area contributed by atoms with Crippen molar-refractivity contribution in [2.75, 3.05) is 10.9 Å². The SMILES string of the molecule is Cc1ccc(S(=O)(=O)N(Cc2ccccc2)c2ccc(OCC(=O)N[C@@H](C)CCc3ccccc3)cc2)cc1. The van der Waals surface area contributed by atoms with Crippen molar-refractivity contribution in [2.45, 2.75) is 44.2 Å². The Morgan fingerprint density at radius 3 is 2.03 bits per heavy atom. The van der Waals surface area contributed by atoms with E-state index in [9.17, 15) is 13.2 Å². The first-order chi connectivity index (χ1) is 18.8. The second kappa shape index (κ2) is 13.1. The van der Waals surface area contributed by atoms with E-state index in [2.05, 4.69) is 17.4 Å². The van der Waals surface area contributed by atoms with Crippen LogP contribution in [0.15, 0.2) is 114 Å². The third kappa shape index (κ3) is 7.94.